The average molecular weight is 365 g/mol. The number of aliphatic hydroxyl groups is 4. The predicted octanol–water partition coefficient (Wildman–Crippen LogP) is -0.847. The minimum atomic E-state index is -1.20. The molecule has 10 heteroatoms. The van der Waals surface area contributed by atoms with E-state index in [1.165, 1.54) is 17.2 Å². The van der Waals surface area contributed by atoms with E-state index in [2.05, 4.69) is 20.3 Å². The molecule has 1 aliphatic heterocycles. The van der Waals surface area contributed by atoms with Gasteiger partial charge in [-0.15, -0.1) is 0 Å². The lowest BCUT2D eigenvalue weighted by molar-refractivity contribution is -0.0511. The summed E-state index contributed by atoms with van der Waals surface area (Å²) in [6.07, 6.45) is 1.73. The minimum absolute atomic E-state index is 0.204. The molecule has 2 aliphatic rings. The summed E-state index contributed by atoms with van der Waals surface area (Å²) in [7, 11) is 0. The normalized spacial score (nSPS) is 35.1. The Kier molecular flexibility index (Phi) is 4.76. The van der Waals surface area contributed by atoms with Crippen LogP contribution in [0.1, 0.15) is 31.9 Å². The van der Waals surface area contributed by atoms with E-state index in [4.69, 9.17) is 4.74 Å². The molecule has 1 saturated heterocycles. The number of rotatable bonds is 4. The lowest BCUT2D eigenvalue weighted by atomic mass is 9.93. The Labute approximate surface area is 149 Å². The molecule has 2 fully saturated rings. The molecule has 26 heavy (non-hydrogen) atoms. The molecule has 2 aromatic heterocycles. The van der Waals surface area contributed by atoms with Gasteiger partial charge in [0.2, 0.25) is 0 Å². The maximum absolute atomic E-state index is 10.2. The van der Waals surface area contributed by atoms with Crippen LogP contribution in [0.5, 0.6) is 0 Å². The lowest BCUT2D eigenvalue weighted by Crippen LogP contribution is -2.33. The van der Waals surface area contributed by atoms with Gasteiger partial charge in [0, 0.05) is 6.04 Å². The quantitative estimate of drug-likeness (QED) is 0.468. The molecule has 5 N–H and O–H groups in total. The molecule has 10 nitrogen and oxygen atoms in total. The van der Waals surface area contributed by atoms with E-state index in [0.29, 0.717) is 17.0 Å². The van der Waals surface area contributed by atoms with Crippen LogP contribution in [0.2, 0.25) is 0 Å². The smallest absolute Gasteiger partial charge is 0.167 e. The molecule has 0 amide bonds. The van der Waals surface area contributed by atoms with Crippen LogP contribution >= 0.6 is 0 Å². The number of ether oxygens (including phenoxy) is 1. The molecule has 0 aromatic carbocycles. The van der Waals surface area contributed by atoms with E-state index < -0.39 is 31.1 Å². The molecule has 4 atom stereocenters. The van der Waals surface area contributed by atoms with Crippen LogP contribution in [0, 0.1) is 0 Å². The number of nitrogens with zero attached hydrogens (tertiary/aromatic N) is 4. The molecule has 0 unspecified atom stereocenters. The molecule has 0 spiro atoms. The molecular weight excluding hydrogens is 342 g/mol. The van der Waals surface area contributed by atoms with Gasteiger partial charge in [-0.05, 0) is 25.7 Å². The number of imidazole rings is 1. The highest BCUT2D eigenvalue weighted by Gasteiger charge is 2.44. The van der Waals surface area contributed by atoms with Gasteiger partial charge in [-0.25, -0.2) is 15.0 Å². The summed E-state index contributed by atoms with van der Waals surface area (Å²) in [5.74, 6) is 0.585. The Balaban J connectivity index is 1.59. The van der Waals surface area contributed by atoms with Gasteiger partial charge in [0.05, 0.1) is 19.0 Å². The van der Waals surface area contributed by atoms with E-state index >= 15 is 0 Å². The minimum Gasteiger partial charge on any atom is -0.394 e. The zero-order valence-corrected chi connectivity index (χ0v) is 14.1. The summed E-state index contributed by atoms with van der Waals surface area (Å²) in [6, 6.07) is 0.204. The van der Waals surface area contributed by atoms with Crippen molar-refractivity contribution in [1.82, 2.24) is 19.5 Å². The summed E-state index contributed by atoms with van der Waals surface area (Å²) < 4.78 is 7.09. The van der Waals surface area contributed by atoms with Crippen LogP contribution < -0.4 is 5.32 Å². The number of anilines is 1. The van der Waals surface area contributed by atoms with Crippen LogP contribution in [0.25, 0.3) is 11.2 Å². The highest BCUT2D eigenvalue weighted by Crippen LogP contribution is 2.32. The topological polar surface area (TPSA) is 146 Å². The van der Waals surface area contributed by atoms with Gasteiger partial charge in [-0.1, -0.05) is 0 Å². The molecule has 1 saturated carbocycles. The molecular formula is C16H23N5O5. The van der Waals surface area contributed by atoms with Crippen LogP contribution in [0.3, 0.4) is 0 Å². The van der Waals surface area contributed by atoms with Crippen molar-refractivity contribution in [2.75, 3.05) is 11.9 Å². The zero-order chi connectivity index (χ0) is 18.3. The van der Waals surface area contributed by atoms with Gasteiger partial charge in [0.15, 0.2) is 23.2 Å². The fraction of sp³-hybridized carbons (Fsp3) is 0.688. The standard InChI is InChI=1S/C16H23N5O5/c22-5-10-12(24)13(25)16(26-10)21-7-19-11-14(17-6-18-15(11)21)20-8-1-3-9(23)4-2-8/h6-10,12-13,16,22-25H,1-5H2,(H,17,18,20)/t8?,9?,10-,12+,13-,16-/m1/s1. The van der Waals surface area contributed by atoms with Crippen molar-refractivity contribution in [2.45, 2.75) is 62.4 Å². The first kappa shape index (κ1) is 17.6. The number of hydrogen-bond donors (Lipinski definition) is 5. The molecule has 0 radical (unpaired) electrons. The molecule has 2 aromatic rings. The van der Waals surface area contributed by atoms with Crippen molar-refractivity contribution in [3.63, 3.8) is 0 Å². The molecule has 4 rings (SSSR count). The highest BCUT2D eigenvalue weighted by atomic mass is 16.6. The maximum atomic E-state index is 10.2. The second kappa shape index (κ2) is 7.05. The molecule has 142 valence electrons. The Hall–Kier alpha value is -1.85. The Morgan fingerprint density at radius 2 is 1.85 bits per heavy atom. The monoisotopic (exact) mass is 365 g/mol. The largest absolute Gasteiger partial charge is 0.394 e. The van der Waals surface area contributed by atoms with Gasteiger partial charge in [0.25, 0.3) is 0 Å². The third-order valence-corrected chi connectivity index (χ3v) is 5.19. The van der Waals surface area contributed by atoms with E-state index in [9.17, 15) is 20.4 Å². The Bertz CT molecular complexity index is 763. The Morgan fingerprint density at radius 3 is 2.54 bits per heavy atom. The summed E-state index contributed by atoms with van der Waals surface area (Å²) in [6.45, 7) is -0.392. The highest BCUT2D eigenvalue weighted by molar-refractivity contribution is 5.82. The number of aromatic nitrogens is 4. The lowest BCUT2D eigenvalue weighted by Gasteiger charge is -2.26. The third kappa shape index (κ3) is 3.03. The van der Waals surface area contributed by atoms with Crippen molar-refractivity contribution >= 4 is 17.0 Å². The van der Waals surface area contributed by atoms with Crippen molar-refractivity contribution in [2.24, 2.45) is 0 Å². The third-order valence-electron chi connectivity index (χ3n) is 5.19. The SMILES string of the molecule is OC[C@H]1O[C@@H](n2cnc3c(NC4CCC(O)CC4)ncnc32)[C@H](O)[C@H]1O. The molecule has 3 heterocycles. The van der Waals surface area contributed by atoms with Crippen molar-refractivity contribution < 1.29 is 25.2 Å². The second-order valence-corrected chi connectivity index (χ2v) is 6.92. The zero-order valence-electron chi connectivity index (χ0n) is 14.1. The van der Waals surface area contributed by atoms with E-state index in [1.807, 2.05) is 0 Å². The fourth-order valence-electron chi connectivity index (χ4n) is 3.67. The van der Waals surface area contributed by atoms with Gasteiger partial charge in [-0.3, -0.25) is 4.57 Å². The van der Waals surface area contributed by atoms with Gasteiger partial charge < -0.3 is 30.5 Å². The fourth-order valence-corrected chi connectivity index (χ4v) is 3.67. The van der Waals surface area contributed by atoms with Gasteiger partial charge in [-0.2, -0.15) is 0 Å². The van der Waals surface area contributed by atoms with E-state index in [-0.39, 0.29) is 12.1 Å². The van der Waals surface area contributed by atoms with Crippen molar-refractivity contribution in [1.29, 1.82) is 0 Å². The van der Waals surface area contributed by atoms with Crippen molar-refractivity contribution in [3.8, 4) is 0 Å². The van der Waals surface area contributed by atoms with Crippen LogP contribution in [-0.2, 0) is 4.74 Å². The number of nitrogens with one attached hydrogen (secondary N) is 1. The first-order valence-electron chi connectivity index (χ1n) is 8.83. The van der Waals surface area contributed by atoms with Crippen molar-refractivity contribution in [3.05, 3.63) is 12.7 Å². The first-order chi connectivity index (χ1) is 12.6. The molecule has 0 bridgehead atoms. The number of aliphatic hydroxyl groups excluding tert-OH is 4. The summed E-state index contributed by atoms with van der Waals surface area (Å²) in [5.41, 5.74) is 1.00. The summed E-state index contributed by atoms with van der Waals surface area (Å²) in [4.78, 5) is 12.9. The number of fused-ring (bicyclic) bond motifs is 1. The van der Waals surface area contributed by atoms with Crippen LogP contribution in [0.4, 0.5) is 5.82 Å². The summed E-state index contributed by atoms with van der Waals surface area (Å²) >= 11 is 0. The van der Waals surface area contributed by atoms with E-state index in [1.54, 1.807) is 0 Å². The summed E-state index contributed by atoms with van der Waals surface area (Å²) in [5, 5.41) is 42.4. The average Bonchev–Trinajstić information content (AvgIpc) is 3.19. The Morgan fingerprint density at radius 1 is 1.08 bits per heavy atom. The first-order valence-corrected chi connectivity index (χ1v) is 8.83. The maximum Gasteiger partial charge on any atom is 0.167 e. The number of hydrogen-bond acceptors (Lipinski definition) is 9. The molecule has 1 aliphatic carbocycles. The van der Waals surface area contributed by atoms with Crippen LogP contribution in [-0.4, -0.2) is 77.0 Å². The van der Waals surface area contributed by atoms with Gasteiger partial charge >= 0.3 is 0 Å². The second-order valence-electron chi connectivity index (χ2n) is 6.92. The predicted molar refractivity (Wildman–Crippen MR) is 90.2 cm³/mol. The van der Waals surface area contributed by atoms with Crippen LogP contribution in [0.15, 0.2) is 12.7 Å². The van der Waals surface area contributed by atoms with Gasteiger partial charge in [0.1, 0.15) is 24.6 Å². The van der Waals surface area contributed by atoms with E-state index in [0.717, 1.165) is 25.7 Å².